The Morgan fingerprint density at radius 3 is 2.47 bits per heavy atom. The van der Waals surface area contributed by atoms with Crippen LogP contribution in [0.15, 0.2) is 30.3 Å². The van der Waals surface area contributed by atoms with E-state index in [9.17, 15) is 0 Å². The number of hydrogen-bond acceptors (Lipinski definition) is 4. The van der Waals surface area contributed by atoms with E-state index in [4.69, 9.17) is 5.26 Å². The second-order valence-corrected chi connectivity index (χ2v) is 3.69. The summed E-state index contributed by atoms with van der Waals surface area (Å²) in [7, 11) is 1.77. The van der Waals surface area contributed by atoms with Gasteiger partial charge in [0.25, 0.3) is 0 Å². The van der Waals surface area contributed by atoms with E-state index in [-0.39, 0.29) is 0 Å². The number of aromatic nitrogens is 2. The molecular weight excluding hydrogens is 212 g/mol. The SMILES string of the molecule is CNc1cc(C#N)nc(-c2ccc(C)cc2)n1. The summed E-state index contributed by atoms with van der Waals surface area (Å²) in [6.45, 7) is 2.02. The number of hydrogen-bond donors (Lipinski definition) is 1. The van der Waals surface area contributed by atoms with Crippen molar-refractivity contribution in [3.05, 3.63) is 41.6 Å². The number of nitriles is 1. The Bertz CT molecular complexity index is 567. The van der Waals surface area contributed by atoms with Gasteiger partial charge in [-0.3, -0.25) is 0 Å². The molecule has 4 nitrogen and oxygen atoms in total. The monoisotopic (exact) mass is 224 g/mol. The van der Waals surface area contributed by atoms with Crippen LogP contribution in [0.2, 0.25) is 0 Å². The van der Waals surface area contributed by atoms with Crippen molar-refractivity contribution in [2.24, 2.45) is 0 Å². The predicted octanol–water partition coefficient (Wildman–Crippen LogP) is 2.37. The molecule has 2 rings (SSSR count). The molecular formula is C13H12N4. The number of nitrogens with one attached hydrogen (secondary N) is 1. The highest BCUT2D eigenvalue weighted by Gasteiger charge is 2.05. The Kier molecular flexibility index (Phi) is 3.01. The van der Waals surface area contributed by atoms with Gasteiger partial charge in [0, 0.05) is 18.7 Å². The van der Waals surface area contributed by atoms with Gasteiger partial charge >= 0.3 is 0 Å². The number of nitrogens with zero attached hydrogens (tertiary/aromatic N) is 3. The standard InChI is InChI=1S/C13H12N4/c1-9-3-5-10(6-4-9)13-16-11(8-14)7-12(15-2)17-13/h3-7H,1-2H3,(H,15,16,17). The molecule has 0 atom stereocenters. The molecule has 0 aliphatic carbocycles. The molecule has 0 unspecified atom stereocenters. The highest BCUT2D eigenvalue weighted by atomic mass is 15.0. The van der Waals surface area contributed by atoms with E-state index >= 15 is 0 Å². The summed E-state index contributed by atoms with van der Waals surface area (Å²) in [5, 5.41) is 11.8. The third kappa shape index (κ3) is 2.40. The smallest absolute Gasteiger partial charge is 0.162 e. The first kappa shape index (κ1) is 11.1. The van der Waals surface area contributed by atoms with Crippen molar-refractivity contribution in [2.45, 2.75) is 6.92 Å². The molecule has 0 bridgehead atoms. The Morgan fingerprint density at radius 2 is 1.88 bits per heavy atom. The molecule has 0 fully saturated rings. The minimum atomic E-state index is 0.361. The van der Waals surface area contributed by atoms with Crippen molar-refractivity contribution in [2.75, 3.05) is 12.4 Å². The zero-order chi connectivity index (χ0) is 12.3. The van der Waals surface area contributed by atoms with Crippen LogP contribution in [0.4, 0.5) is 5.82 Å². The fourth-order valence-electron chi connectivity index (χ4n) is 1.46. The van der Waals surface area contributed by atoms with Crippen molar-refractivity contribution in [3.8, 4) is 17.5 Å². The number of rotatable bonds is 2. The van der Waals surface area contributed by atoms with Gasteiger partial charge in [-0.25, -0.2) is 9.97 Å². The molecule has 0 aliphatic heterocycles. The molecule has 0 saturated heterocycles. The molecule has 1 heterocycles. The van der Waals surface area contributed by atoms with Gasteiger partial charge < -0.3 is 5.32 Å². The predicted molar refractivity (Wildman–Crippen MR) is 66.5 cm³/mol. The second kappa shape index (κ2) is 4.62. The Morgan fingerprint density at radius 1 is 1.18 bits per heavy atom. The van der Waals surface area contributed by atoms with Gasteiger partial charge in [-0.2, -0.15) is 5.26 Å². The highest BCUT2D eigenvalue weighted by Crippen LogP contribution is 2.18. The van der Waals surface area contributed by atoms with Crippen LogP contribution in [-0.2, 0) is 0 Å². The molecule has 0 spiro atoms. The van der Waals surface area contributed by atoms with Gasteiger partial charge in [0.1, 0.15) is 17.6 Å². The van der Waals surface area contributed by atoms with E-state index in [1.807, 2.05) is 37.3 Å². The molecule has 0 aliphatic rings. The van der Waals surface area contributed by atoms with Gasteiger partial charge in [-0.15, -0.1) is 0 Å². The molecule has 2 aromatic rings. The van der Waals surface area contributed by atoms with Crippen LogP contribution in [0.3, 0.4) is 0 Å². The first-order valence-corrected chi connectivity index (χ1v) is 5.27. The molecule has 1 N–H and O–H groups in total. The van der Waals surface area contributed by atoms with E-state index in [0.717, 1.165) is 5.56 Å². The minimum Gasteiger partial charge on any atom is -0.373 e. The fraction of sp³-hybridized carbons (Fsp3) is 0.154. The lowest BCUT2D eigenvalue weighted by molar-refractivity contribution is 1.14. The summed E-state index contributed by atoms with van der Waals surface area (Å²) in [4.78, 5) is 8.51. The Hall–Kier alpha value is -2.41. The normalized spacial score (nSPS) is 9.71. The number of anilines is 1. The lowest BCUT2D eigenvalue weighted by Gasteiger charge is -2.04. The van der Waals surface area contributed by atoms with Gasteiger partial charge in [0.15, 0.2) is 5.82 Å². The lowest BCUT2D eigenvalue weighted by atomic mass is 10.1. The van der Waals surface area contributed by atoms with Gasteiger partial charge in [-0.05, 0) is 6.92 Å². The molecule has 1 aromatic carbocycles. The summed E-state index contributed by atoms with van der Waals surface area (Å²) in [6, 6.07) is 11.5. The maximum absolute atomic E-state index is 8.90. The van der Waals surface area contributed by atoms with E-state index < -0.39 is 0 Å². The van der Waals surface area contributed by atoms with Crippen LogP contribution < -0.4 is 5.32 Å². The van der Waals surface area contributed by atoms with Crippen molar-refractivity contribution in [1.29, 1.82) is 5.26 Å². The maximum Gasteiger partial charge on any atom is 0.162 e. The van der Waals surface area contributed by atoms with Crippen molar-refractivity contribution < 1.29 is 0 Å². The summed E-state index contributed by atoms with van der Waals surface area (Å²) in [5.74, 6) is 1.21. The summed E-state index contributed by atoms with van der Waals surface area (Å²) in [5.41, 5.74) is 2.45. The van der Waals surface area contributed by atoms with Crippen LogP contribution in [0.1, 0.15) is 11.3 Å². The molecule has 4 heteroatoms. The van der Waals surface area contributed by atoms with E-state index in [1.54, 1.807) is 13.1 Å². The third-order valence-electron chi connectivity index (χ3n) is 2.41. The Labute approximate surface area is 100.0 Å². The summed E-state index contributed by atoms with van der Waals surface area (Å²) < 4.78 is 0. The van der Waals surface area contributed by atoms with E-state index in [2.05, 4.69) is 15.3 Å². The molecule has 0 saturated carbocycles. The lowest BCUT2D eigenvalue weighted by Crippen LogP contribution is -1.98. The molecule has 17 heavy (non-hydrogen) atoms. The summed E-state index contributed by atoms with van der Waals surface area (Å²) >= 11 is 0. The average Bonchev–Trinajstić information content (AvgIpc) is 2.39. The topological polar surface area (TPSA) is 61.6 Å². The first-order valence-electron chi connectivity index (χ1n) is 5.27. The van der Waals surface area contributed by atoms with Crippen molar-refractivity contribution in [1.82, 2.24) is 9.97 Å². The third-order valence-corrected chi connectivity index (χ3v) is 2.41. The number of aryl methyl sites for hydroxylation is 1. The zero-order valence-corrected chi connectivity index (χ0v) is 9.73. The van der Waals surface area contributed by atoms with Crippen LogP contribution in [0, 0.1) is 18.3 Å². The average molecular weight is 224 g/mol. The first-order chi connectivity index (χ1) is 8.22. The molecule has 1 aromatic heterocycles. The largest absolute Gasteiger partial charge is 0.373 e. The van der Waals surface area contributed by atoms with E-state index in [1.165, 1.54) is 5.56 Å². The van der Waals surface area contributed by atoms with E-state index in [0.29, 0.717) is 17.3 Å². The second-order valence-electron chi connectivity index (χ2n) is 3.69. The van der Waals surface area contributed by atoms with Crippen molar-refractivity contribution >= 4 is 5.82 Å². The quantitative estimate of drug-likeness (QED) is 0.850. The molecule has 0 amide bonds. The van der Waals surface area contributed by atoms with Gasteiger partial charge in [-0.1, -0.05) is 29.8 Å². The molecule has 0 radical (unpaired) electrons. The van der Waals surface area contributed by atoms with Gasteiger partial charge in [0.2, 0.25) is 0 Å². The highest BCUT2D eigenvalue weighted by molar-refractivity contribution is 5.58. The fourth-order valence-corrected chi connectivity index (χ4v) is 1.46. The Balaban J connectivity index is 2.51. The van der Waals surface area contributed by atoms with Gasteiger partial charge in [0.05, 0.1) is 0 Å². The summed E-state index contributed by atoms with van der Waals surface area (Å²) in [6.07, 6.45) is 0. The van der Waals surface area contributed by atoms with Crippen LogP contribution in [-0.4, -0.2) is 17.0 Å². The molecule has 84 valence electrons. The zero-order valence-electron chi connectivity index (χ0n) is 9.73. The number of benzene rings is 1. The van der Waals surface area contributed by atoms with Crippen LogP contribution in [0.25, 0.3) is 11.4 Å². The van der Waals surface area contributed by atoms with Crippen LogP contribution >= 0.6 is 0 Å². The maximum atomic E-state index is 8.90. The van der Waals surface area contributed by atoms with Crippen LogP contribution in [0.5, 0.6) is 0 Å². The minimum absolute atomic E-state index is 0.361. The van der Waals surface area contributed by atoms with Crippen molar-refractivity contribution in [3.63, 3.8) is 0 Å².